The van der Waals surface area contributed by atoms with E-state index in [4.69, 9.17) is 16.2 Å². The summed E-state index contributed by atoms with van der Waals surface area (Å²) in [5, 5.41) is 16.7. The minimum atomic E-state index is -3.82. The molecule has 0 spiro atoms. The fraction of sp³-hybridized carbons (Fsp3) is 0.100. The van der Waals surface area contributed by atoms with Crippen molar-refractivity contribution in [2.75, 3.05) is 6.26 Å². The number of carboxylic acid groups (broad SMARTS) is 1. The Morgan fingerprint density at radius 3 is 2.48 bits per heavy atom. The monoisotopic (exact) mass is 446 g/mol. The smallest absolute Gasteiger partial charge is 0.335 e. The summed E-state index contributed by atoms with van der Waals surface area (Å²) >= 11 is 2.47. The van der Waals surface area contributed by atoms with Crippen LogP contribution in [0.15, 0.2) is 62.5 Å². The number of aromatic carboxylic acids is 1. The molecule has 9 heteroatoms. The van der Waals surface area contributed by atoms with E-state index in [-0.39, 0.29) is 21.2 Å². The zero-order valence-corrected chi connectivity index (χ0v) is 18.0. The Labute approximate surface area is 176 Å². The second kappa shape index (κ2) is 8.02. The summed E-state index contributed by atoms with van der Waals surface area (Å²) in [6.45, 7) is 1.78. The molecule has 29 heavy (non-hydrogen) atoms. The molecule has 3 rings (SSSR count). The Bertz CT molecular complexity index is 1230. The Balaban J connectivity index is 2.10. The first-order valence-electron chi connectivity index (χ1n) is 8.37. The highest BCUT2D eigenvalue weighted by Gasteiger charge is 2.25. The van der Waals surface area contributed by atoms with Gasteiger partial charge in [-0.25, -0.2) is 13.2 Å². The van der Waals surface area contributed by atoms with E-state index in [1.54, 1.807) is 43.5 Å². The normalized spacial score (nSPS) is 11.4. The minimum Gasteiger partial charge on any atom is -0.478 e. The number of benzene rings is 2. The molecule has 0 aliphatic heterocycles. The second-order valence-electron chi connectivity index (χ2n) is 6.25. The van der Waals surface area contributed by atoms with E-state index in [2.05, 4.69) is 0 Å². The van der Waals surface area contributed by atoms with Gasteiger partial charge in [0, 0.05) is 0 Å². The second-order valence-corrected chi connectivity index (χ2v) is 10.3. The van der Waals surface area contributed by atoms with Gasteiger partial charge < -0.3 is 10.8 Å². The predicted molar refractivity (Wildman–Crippen MR) is 116 cm³/mol. The molecule has 0 saturated heterocycles. The number of carboxylic acids is 1. The Morgan fingerprint density at radius 2 is 1.90 bits per heavy atom. The number of nitrogen functional groups attached to an aromatic ring is 1. The summed E-state index contributed by atoms with van der Waals surface area (Å²) in [4.78, 5) is 11.8. The van der Waals surface area contributed by atoms with Crippen LogP contribution in [0.1, 0.15) is 20.8 Å². The molecule has 3 aromatic rings. The van der Waals surface area contributed by atoms with Crippen molar-refractivity contribution in [2.45, 2.75) is 20.9 Å². The molecule has 4 N–H and O–H groups in total. The first kappa shape index (κ1) is 21.1. The van der Waals surface area contributed by atoms with Crippen LogP contribution in [0, 0.1) is 12.3 Å². The highest BCUT2D eigenvalue weighted by Crippen LogP contribution is 2.37. The SMILES string of the molecule is CSc1sc(C(=N)N)cc1S(=O)(=O)c1cccc(-c2ccc(C(=O)O)cc2C)c1. The van der Waals surface area contributed by atoms with Crippen molar-refractivity contribution in [3.63, 3.8) is 0 Å². The summed E-state index contributed by atoms with van der Waals surface area (Å²) in [6, 6.07) is 12.7. The Kier molecular flexibility index (Phi) is 5.83. The quantitative estimate of drug-likeness (QED) is 0.295. The van der Waals surface area contributed by atoms with Crippen LogP contribution in [-0.2, 0) is 9.84 Å². The lowest BCUT2D eigenvalue weighted by molar-refractivity contribution is 0.0697. The van der Waals surface area contributed by atoms with E-state index in [0.717, 1.165) is 11.1 Å². The van der Waals surface area contributed by atoms with Gasteiger partial charge in [0.25, 0.3) is 0 Å². The Morgan fingerprint density at radius 1 is 1.17 bits per heavy atom. The standard InChI is InChI=1S/C20H18N2O4S3/c1-11-8-13(19(23)24)6-7-15(11)12-4-3-5-14(9-12)29(25,26)17-10-16(18(21)22)28-20(17)27-2/h3-10H,1-2H3,(H3,21,22)(H,23,24). The molecule has 0 amide bonds. The summed E-state index contributed by atoms with van der Waals surface area (Å²) < 4.78 is 27.1. The van der Waals surface area contributed by atoms with Crippen molar-refractivity contribution in [1.29, 1.82) is 5.41 Å². The topological polar surface area (TPSA) is 121 Å². The molecule has 150 valence electrons. The number of thiophene rings is 1. The van der Waals surface area contributed by atoms with Crippen molar-refractivity contribution >= 4 is 44.7 Å². The number of rotatable bonds is 6. The van der Waals surface area contributed by atoms with Crippen molar-refractivity contribution < 1.29 is 18.3 Å². The van der Waals surface area contributed by atoms with Crippen LogP contribution in [0.4, 0.5) is 0 Å². The van der Waals surface area contributed by atoms with Crippen LogP contribution in [0.25, 0.3) is 11.1 Å². The van der Waals surface area contributed by atoms with Crippen LogP contribution in [0.5, 0.6) is 0 Å². The van der Waals surface area contributed by atoms with E-state index in [9.17, 15) is 13.2 Å². The number of nitrogens with two attached hydrogens (primary N) is 1. The van der Waals surface area contributed by atoms with Crippen LogP contribution in [0.2, 0.25) is 0 Å². The zero-order valence-electron chi connectivity index (χ0n) is 15.6. The summed E-state index contributed by atoms with van der Waals surface area (Å²) in [7, 11) is -3.82. The van der Waals surface area contributed by atoms with Crippen molar-refractivity contribution in [3.05, 3.63) is 64.5 Å². The highest BCUT2D eigenvalue weighted by molar-refractivity contribution is 8.01. The van der Waals surface area contributed by atoms with Gasteiger partial charge in [-0.05, 0) is 60.2 Å². The van der Waals surface area contributed by atoms with Gasteiger partial charge in [0.05, 0.1) is 24.4 Å². The van der Waals surface area contributed by atoms with E-state index in [1.165, 1.54) is 41.3 Å². The number of sulfone groups is 1. The van der Waals surface area contributed by atoms with E-state index < -0.39 is 15.8 Å². The Hall–Kier alpha value is -2.62. The molecule has 2 aromatic carbocycles. The fourth-order valence-corrected chi connectivity index (χ4v) is 6.80. The van der Waals surface area contributed by atoms with Crippen LogP contribution in [-0.4, -0.2) is 31.6 Å². The van der Waals surface area contributed by atoms with Gasteiger partial charge in [0.15, 0.2) is 0 Å². The third-order valence-corrected chi connectivity index (χ3v) is 8.67. The third-order valence-electron chi connectivity index (χ3n) is 4.34. The van der Waals surface area contributed by atoms with Gasteiger partial charge in [-0.15, -0.1) is 23.1 Å². The average Bonchev–Trinajstić information content (AvgIpc) is 3.13. The summed E-state index contributed by atoms with van der Waals surface area (Å²) in [5.41, 5.74) is 7.87. The molecule has 1 aromatic heterocycles. The average molecular weight is 447 g/mol. The largest absolute Gasteiger partial charge is 0.478 e. The summed E-state index contributed by atoms with van der Waals surface area (Å²) in [5.74, 6) is -1.19. The van der Waals surface area contributed by atoms with Crippen LogP contribution in [0.3, 0.4) is 0 Å². The minimum absolute atomic E-state index is 0.125. The van der Waals surface area contributed by atoms with E-state index >= 15 is 0 Å². The fourth-order valence-electron chi connectivity index (χ4n) is 2.90. The first-order valence-corrected chi connectivity index (χ1v) is 11.9. The lowest BCUT2D eigenvalue weighted by Gasteiger charge is -2.10. The number of amidine groups is 1. The highest BCUT2D eigenvalue weighted by atomic mass is 32.2. The molecular formula is C20H18N2O4S3. The number of thioether (sulfide) groups is 1. The molecule has 0 unspecified atom stereocenters. The molecule has 6 nitrogen and oxygen atoms in total. The number of hydrogen-bond donors (Lipinski definition) is 3. The molecule has 0 aliphatic rings. The van der Waals surface area contributed by atoms with E-state index in [1.807, 2.05) is 0 Å². The number of carbonyl (C=O) groups is 1. The molecule has 0 fully saturated rings. The zero-order chi connectivity index (χ0) is 21.3. The predicted octanol–water partition coefficient (Wildman–Crippen LogP) is 4.26. The maximum absolute atomic E-state index is 13.3. The number of aryl methyl sites for hydroxylation is 1. The van der Waals surface area contributed by atoms with Gasteiger partial charge in [-0.1, -0.05) is 18.2 Å². The molecule has 0 saturated carbocycles. The van der Waals surface area contributed by atoms with Crippen LogP contribution >= 0.6 is 23.1 Å². The van der Waals surface area contributed by atoms with Gasteiger partial charge in [-0.2, -0.15) is 0 Å². The molecule has 0 bridgehead atoms. The maximum Gasteiger partial charge on any atom is 0.335 e. The maximum atomic E-state index is 13.3. The first-order chi connectivity index (χ1) is 13.6. The van der Waals surface area contributed by atoms with Crippen molar-refractivity contribution in [2.24, 2.45) is 5.73 Å². The number of nitrogens with one attached hydrogen (secondary N) is 1. The molecule has 0 atom stereocenters. The number of hydrogen-bond acceptors (Lipinski definition) is 6. The van der Waals surface area contributed by atoms with E-state index in [0.29, 0.717) is 14.6 Å². The molecule has 0 aliphatic carbocycles. The van der Waals surface area contributed by atoms with Gasteiger partial charge in [-0.3, -0.25) is 5.41 Å². The van der Waals surface area contributed by atoms with Crippen molar-refractivity contribution in [1.82, 2.24) is 0 Å². The molecule has 1 heterocycles. The third kappa shape index (κ3) is 4.07. The summed E-state index contributed by atoms with van der Waals surface area (Å²) in [6.07, 6.45) is 1.78. The molecular weight excluding hydrogens is 428 g/mol. The van der Waals surface area contributed by atoms with Crippen LogP contribution < -0.4 is 5.73 Å². The lowest BCUT2D eigenvalue weighted by atomic mass is 9.98. The lowest BCUT2D eigenvalue weighted by Crippen LogP contribution is -2.08. The molecule has 0 radical (unpaired) electrons. The van der Waals surface area contributed by atoms with Gasteiger partial charge in [0.2, 0.25) is 9.84 Å². The van der Waals surface area contributed by atoms with Gasteiger partial charge >= 0.3 is 5.97 Å². The van der Waals surface area contributed by atoms with Crippen molar-refractivity contribution in [3.8, 4) is 11.1 Å². The van der Waals surface area contributed by atoms with Gasteiger partial charge in [0.1, 0.15) is 5.84 Å².